The van der Waals surface area contributed by atoms with E-state index < -0.39 is 5.54 Å². The molecule has 5 N–H and O–H groups in total. The van der Waals surface area contributed by atoms with Gasteiger partial charge >= 0.3 is 0 Å². The molecule has 1 unspecified atom stereocenters. The van der Waals surface area contributed by atoms with E-state index in [1.807, 2.05) is 30.3 Å². The van der Waals surface area contributed by atoms with Crippen molar-refractivity contribution in [3.8, 4) is 0 Å². The number of unbranched alkanes of at least 4 members (excludes halogenated alkanes) is 1. The lowest BCUT2D eigenvalue weighted by Crippen LogP contribution is -2.40. The number of hydrogen-bond donors (Lipinski definition) is 2. The Balaban J connectivity index is 0.00000264. The average Bonchev–Trinajstić information content (AvgIpc) is 2.49. The summed E-state index contributed by atoms with van der Waals surface area (Å²) in [5, 5.41) is 1.11. The lowest BCUT2D eigenvalue weighted by Gasteiger charge is -2.29. The topological polar surface area (TPSA) is 73.9 Å². The third-order valence-electron chi connectivity index (χ3n) is 3.72. The van der Waals surface area contributed by atoms with E-state index >= 15 is 0 Å². The summed E-state index contributed by atoms with van der Waals surface area (Å²) >= 11 is 15.5. The molecule has 0 aliphatic heterocycles. The van der Waals surface area contributed by atoms with E-state index in [0.29, 0.717) is 16.5 Å². The molecule has 2 aromatic rings. The predicted octanol–water partition coefficient (Wildman–Crippen LogP) is 5.90. The van der Waals surface area contributed by atoms with E-state index in [9.17, 15) is 0 Å². The summed E-state index contributed by atoms with van der Waals surface area (Å²) in [5.41, 5.74) is 8.18. The van der Waals surface area contributed by atoms with Gasteiger partial charge in [-0.15, -0.1) is 0 Å². The second kappa shape index (κ2) is 9.00. The van der Waals surface area contributed by atoms with Gasteiger partial charge < -0.3 is 11.9 Å². The van der Waals surface area contributed by atoms with Gasteiger partial charge in [0.2, 0.25) is 0 Å². The first-order valence-corrected chi connectivity index (χ1v) is 8.84. The molecule has 23 heavy (non-hydrogen) atoms. The molecule has 0 aliphatic carbocycles. The van der Waals surface area contributed by atoms with Crippen LogP contribution in [0.3, 0.4) is 0 Å². The first kappa shape index (κ1) is 20.4. The number of rotatable bonds is 6. The molecular weight excluding hydrogens is 397 g/mol. The van der Waals surface area contributed by atoms with Crippen LogP contribution in [0.5, 0.6) is 0 Å². The summed E-state index contributed by atoms with van der Waals surface area (Å²) < 4.78 is 0.948. The SMILES string of the molecule is CCCCC(N)(Cc1ccc(Cl)c(Cl)c1)c1ccc(Br)cn1.N. The Bertz CT molecular complexity index is 634. The van der Waals surface area contributed by atoms with Gasteiger partial charge in [0.05, 0.1) is 21.3 Å². The van der Waals surface area contributed by atoms with Crippen molar-refractivity contribution in [2.24, 2.45) is 5.73 Å². The summed E-state index contributed by atoms with van der Waals surface area (Å²) in [6.45, 7) is 2.16. The lowest BCUT2D eigenvalue weighted by molar-refractivity contribution is 0.380. The van der Waals surface area contributed by atoms with Gasteiger partial charge in [0.15, 0.2) is 0 Å². The van der Waals surface area contributed by atoms with E-state index in [1.165, 1.54) is 0 Å². The van der Waals surface area contributed by atoms with Crippen LogP contribution in [-0.2, 0) is 12.0 Å². The molecule has 0 saturated carbocycles. The summed E-state index contributed by atoms with van der Waals surface area (Å²) in [5.74, 6) is 0. The van der Waals surface area contributed by atoms with Crippen molar-refractivity contribution in [2.75, 3.05) is 0 Å². The minimum Gasteiger partial charge on any atom is -0.344 e. The number of hydrogen-bond acceptors (Lipinski definition) is 3. The van der Waals surface area contributed by atoms with Gasteiger partial charge in [-0.25, -0.2) is 0 Å². The number of pyridine rings is 1. The molecule has 0 amide bonds. The van der Waals surface area contributed by atoms with Gasteiger partial charge in [-0.2, -0.15) is 0 Å². The first-order chi connectivity index (χ1) is 10.4. The third-order valence-corrected chi connectivity index (χ3v) is 4.93. The standard InChI is InChI=1S/C17H19BrCl2N2.H3N/c1-2-3-8-17(21,16-7-5-13(18)11-22-16)10-12-4-6-14(19)15(20)9-12;/h4-7,9,11H,2-3,8,10,21H2,1H3;1H3. The molecule has 0 bridgehead atoms. The maximum atomic E-state index is 6.72. The Hall–Kier alpha value is -0.650. The minimum atomic E-state index is -0.506. The Morgan fingerprint density at radius 1 is 1.17 bits per heavy atom. The average molecular weight is 419 g/mol. The molecule has 0 fully saturated rings. The normalized spacial score (nSPS) is 13.3. The van der Waals surface area contributed by atoms with Crippen LogP contribution in [0.4, 0.5) is 0 Å². The van der Waals surface area contributed by atoms with Crippen molar-refractivity contribution in [1.29, 1.82) is 0 Å². The highest BCUT2D eigenvalue weighted by Crippen LogP contribution is 2.30. The van der Waals surface area contributed by atoms with Crippen LogP contribution in [-0.4, -0.2) is 4.98 Å². The molecule has 6 heteroatoms. The number of aromatic nitrogens is 1. The quantitative estimate of drug-likeness (QED) is 0.612. The maximum absolute atomic E-state index is 6.72. The van der Waals surface area contributed by atoms with Crippen LogP contribution in [0.25, 0.3) is 0 Å². The monoisotopic (exact) mass is 417 g/mol. The summed E-state index contributed by atoms with van der Waals surface area (Å²) in [4.78, 5) is 4.51. The summed E-state index contributed by atoms with van der Waals surface area (Å²) in [7, 11) is 0. The van der Waals surface area contributed by atoms with Crippen LogP contribution >= 0.6 is 39.1 Å². The van der Waals surface area contributed by atoms with Gasteiger partial charge in [0, 0.05) is 10.7 Å². The fourth-order valence-corrected chi connectivity index (χ4v) is 3.04. The molecule has 1 aromatic carbocycles. The zero-order valence-corrected chi connectivity index (χ0v) is 16.3. The maximum Gasteiger partial charge on any atom is 0.0624 e. The highest BCUT2D eigenvalue weighted by molar-refractivity contribution is 9.10. The number of nitrogens with two attached hydrogens (primary N) is 1. The number of halogens is 3. The highest BCUT2D eigenvalue weighted by atomic mass is 79.9. The molecule has 0 spiro atoms. The molecule has 1 atom stereocenters. The van der Waals surface area contributed by atoms with Gasteiger partial charge in [-0.1, -0.05) is 49.0 Å². The Morgan fingerprint density at radius 3 is 2.48 bits per heavy atom. The summed E-state index contributed by atoms with van der Waals surface area (Å²) in [6.07, 6.45) is 5.49. The first-order valence-electron chi connectivity index (χ1n) is 7.29. The van der Waals surface area contributed by atoms with E-state index in [4.69, 9.17) is 28.9 Å². The van der Waals surface area contributed by atoms with Gasteiger partial charge in [0.1, 0.15) is 0 Å². The zero-order chi connectivity index (χ0) is 16.2. The molecule has 1 aromatic heterocycles. The molecule has 0 aliphatic rings. The second-order valence-electron chi connectivity index (χ2n) is 5.55. The van der Waals surface area contributed by atoms with Crippen LogP contribution in [0.1, 0.15) is 37.4 Å². The van der Waals surface area contributed by atoms with Crippen molar-refractivity contribution in [2.45, 2.75) is 38.1 Å². The zero-order valence-electron chi connectivity index (χ0n) is 13.2. The van der Waals surface area contributed by atoms with Crippen molar-refractivity contribution in [3.63, 3.8) is 0 Å². The Kier molecular flexibility index (Phi) is 7.98. The molecule has 1 heterocycles. The van der Waals surface area contributed by atoms with Crippen LogP contribution in [0.2, 0.25) is 10.0 Å². The van der Waals surface area contributed by atoms with Crippen molar-refractivity contribution >= 4 is 39.1 Å². The van der Waals surface area contributed by atoms with E-state index in [-0.39, 0.29) is 6.15 Å². The largest absolute Gasteiger partial charge is 0.344 e. The van der Waals surface area contributed by atoms with Gasteiger partial charge in [-0.3, -0.25) is 4.98 Å². The lowest BCUT2D eigenvalue weighted by atomic mass is 9.83. The second-order valence-corrected chi connectivity index (χ2v) is 7.28. The van der Waals surface area contributed by atoms with Gasteiger partial charge in [-0.05, 0) is 58.6 Å². The van der Waals surface area contributed by atoms with Crippen LogP contribution in [0.15, 0.2) is 41.0 Å². The molecule has 0 saturated heterocycles. The fourth-order valence-electron chi connectivity index (χ4n) is 2.48. The molecule has 126 valence electrons. The van der Waals surface area contributed by atoms with E-state index in [2.05, 4.69) is 27.8 Å². The fraction of sp³-hybridized carbons (Fsp3) is 0.353. The molecular formula is C17H22BrCl2N3. The van der Waals surface area contributed by atoms with Crippen molar-refractivity contribution in [1.82, 2.24) is 11.1 Å². The molecule has 0 radical (unpaired) electrons. The van der Waals surface area contributed by atoms with E-state index in [1.54, 1.807) is 6.20 Å². The molecule has 2 rings (SSSR count). The Morgan fingerprint density at radius 2 is 1.91 bits per heavy atom. The molecule has 3 nitrogen and oxygen atoms in total. The smallest absolute Gasteiger partial charge is 0.0624 e. The van der Waals surface area contributed by atoms with Crippen LogP contribution < -0.4 is 11.9 Å². The Labute approximate surface area is 156 Å². The third kappa shape index (κ3) is 5.44. The summed E-state index contributed by atoms with van der Waals surface area (Å²) in [6, 6.07) is 9.63. The highest BCUT2D eigenvalue weighted by Gasteiger charge is 2.28. The minimum absolute atomic E-state index is 0. The predicted molar refractivity (Wildman–Crippen MR) is 103 cm³/mol. The van der Waals surface area contributed by atoms with Gasteiger partial charge in [0.25, 0.3) is 0 Å². The van der Waals surface area contributed by atoms with Crippen molar-refractivity contribution < 1.29 is 0 Å². The van der Waals surface area contributed by atoms with Crippen molar-refractivity contribution in [3.05, 3.63) is 62.3 Å². The van der Waals surface area contributed by atoms with E-state index in [0.717, 1.165) is 35.0 Å². The number of benzene rings is 1. The number of nitrogens with zero attached hydrogens (tertiary/aromatic N) is 1. The van der Waals surface area contributed by atoms with Crippen LogP contribution in [0, 0.1) is 0 Å².